The Kier molecular flexibility index (Phi) is 4.85. The maximum Gasteiger partial charge on any atom is 0.0992 e. The Hall–Kier alpha value is -1.04. The van der Waals surface area contributed by atoms with Crippen molar-refractivity contribution in [3.05, 3.63) is 34.3 Å². The van der Waals surface area contributed by atoms with Crippen molar-refractivity contribution in [2.24, 2.45) is 5.92 Å². The van der Waals surface area contributed by atoms with Crippen LogP contribution in [0.3, 0.4) is 0 Å². The van der Waals surface area contributed by atoms with Gasteiger partial charge in [0.25, 0.3) is 0 Å². The number of nitriles is 1. The molecule has 1 aliphatic rings. The minimum Gasteiger partial charge on any atom is -0.296 e. The second-order valence-electron chi connectivity index (χ2n) is 5.80. The molecule has 1 fully saturated rings. The number of benzene rings is 1. The smallest absolute Gasteiger partial charge is 0.0992 e. The van der Waals surface area contributed by atoms with Gasteiger partial charge in [0.15, 0.2) is 0 Å². The van der Waals surface area contributed by atoms with Crippen molar-refractivity contribution in [1.82, 2.24) is 4.90 Å². The third-order valence-electron chi connectivity index (χ3n) is 3.61. The quantitative estimate of drug-likeness (QED) is 0.778. The van der Waals surface area contributed by atoms with E-state index < -0.39 is 0 Å². The molecule has 0 N–H and O–H groups in total. The maximum absolute atomic E-state index is 8.86. The van der Waals surface area contributed by atoms with Crippen LogP contribution < -0.4 is 0 Å². The molecular weight excluding hydrogens is 256 g/mol. The highest BCUT2D eigenvalue weighted by Gasteiger charge is 2.29. The van der Waals surface area contributed by atoms with Crippen molar-refractivity contribution in [3.8, 4) is 6.07 Å². The lowest BCUT2D eigenvalue weighted by atomic mass is 10.1. The van der Waals surface area contributed by atoms with E-state index in [4.69, 9.17) is 16.9 Å². The summed E-state index contributed by atoms with van der Waals surface area (Å²) in [5.74, 6) is 0.734. The first-order valence-electron chi connectivity index (χ1n) is 7.02. The molecule has 0 amide bonds. The average molecular weight is 277 g/mol. The third-order valence-corrected chi connectivity index (χ3v) is 3.96. The highest BCUT2D eigenvalue weighted by molar-refractivity contribution is 6.31. The van der Waals surface area contributed by atoms with Crippen molar-refractivity contribution >= 4 is 11.6 Å². The number of halogens is 1. The fourth-order valence-corrected chi connectivity index (χ4v) is 2.46. The molecule has 2 rings (SSSR count). The van der Waals surface area contributed by atoms with Gasteiger partial charge < -0.3 is 0 Å². The SMILES string of the molecule is CC(C)CCN(Cc1ccc(C#N)cc1Cl)C1CC1. The van der Waals surface area contributed by atoms with E-state index in [2.05, 4.69) is 24.8 Å². The second kappa shape index (κ2) is 6.41. The molecule has 0 saturated heterocycles. The van der Waals surface area contributed by atoms with Crippen LogP contribution in [0.1, 0.15) is 44.2 Å². The van der Waals surface area contributed by atoms with Crippen molar-refractivity contribution in [3.63, 3.8) is 0 Å². The molecule has 0 atom stereocenters. The van der Waals surface area contributed by atoms with Crippen LogP contribution in [0.2, 0.25) is 5.02 Å². The molecule has 0 aliphatic heterocycles. The molecule has 1 aliphatic carbocycles. The van der Waals surface area contributed by atoms with E-state index in [-0.39, 0.29) is 0 Å². The average Bonchev–Trinajstić information content (AvgIpc) is 3.20. The van der Waals surface area contributed by atoms with Gasteiger partial charge in [0.1, 0.15) is 0 Å². The lowest BCUT2D eigenvalue weighted by molar-refractivity contribution is 0.239. The summed E-state index contributed by atoms with van der Waals surface area (Å²) >= 11 is 6.26. The monoisotopic (exact) mass is 276 g/mol. The first-order valence-corrected chi connectivity index (χ1v) is 7.40. The van der Waals surface area contributed by atoms with Crippen LogP contribution in [0.25, 0.3) is 0 Å². The van der Waals surface area contributed by atoms with E-state index in [1.807, 2.05) is 12.1 Å². The first kappa shape index (κ1) is 14.4. The largest absolute Gasteiger partial charge is 0.296 e. The zero-order chi connectivity index (χ0) is 13.8. The first-order chi connectivity index (χ1) is 9.10. The van der Waals surface area contributed by atoms with Crippen molar-refractivity contribution in [2.45, 2.75) is 45.7 Å². The number of hydrogen-bond acceptors (Lipinski definition) is 2. The topological polar surface area (TPSA) is 27.0 Å². The van der Waals surface area contributed by atoms with Crippen LogP contribution in [0.5, 0.6) is 0 Å². The second-order valence-corrected chi connectivity index (χ2v) is 6.21. The molecule has 102 valence electrons. The summed E-state index contributed by atoms with van der Waals surface area (Å²) < 4.78 is 0. The number of nitrogens with zero attached hydrogens (tertiary/aromatic N) is 2. The van der Waals surface area contributed by atoms with Crippen molar-refractivity contribution in [2.75, 3.05) is 6.54 Å². The standard InChI is InChI=1S/C16H21ClN2/c1-12(2)7-8-19(15-5-6-15)11-14-4-3-13(10-18)9-16(14)17/h3-4,9,12,15H,5-8,11H2,1-2H3. The summed E-state index contributed by atoms with van der Waals surface area (Å²) in [7, 11) is 0. The normalized spacial score (nSPS) is 14.9. The van der Waals surface area contributed by atoms with Crippen LogP contribution in [0.15, 0.2) is 18.2 Å². The lowest BCUT2D eigenvalue weighted by Crippen LogP contribution is -2.27. The van der Waals surface area contributed by atoms with Gasteiger partial charge in [0.05, 0.1) is 11.6 Å². The zero-order valence-electron chi connectivity index (χ0n) is 11.7. The molecule has 2 nitrogen and oxygen atoms in total. The lowest BCUT2D eigenvalue weighted by Gasteiger charge is -2.23. The van der Waals surface area contributed by atoms with Gasteiger partial charge in [-0.2, -0.15) is 5.26 Å². The van der Waals surface area contributed by atoms with Crippen LogP contribution in [0, 0.1) is 17.2 Å². The Labute approximate surface area is 121 Å². The highest BCUT2D eigenvalue weighted by Crippen LogP contribution is 2.30. The van der Waals surface area contributed by atoms with Crippen LogP contribution in [-0.2, 0) is 6.54 Å². The van der Waals surface area contributed by atoms with Gasteiger partial charge in [-0.1, -0.05) is 31.5 Å². The summed E-state index contributed by atoms with van der Waals surface area (Å²) in [6.07, 6.45) is 3.85. The molecule has 1 saturated carbocycles. The Morgan fingerprint density at radius 3 is 2.68 bits per heavy atom. The molecule has 0 aromatic heterocycles. The Morgan fingerprint density at radius 2 is 2.16 bits per heavy atom. The fourth-order valence-electron chi connectivity index (χ4n) is 2.22. The van der Waals surface area contributed by atoms with Gasteiger partial charge in [-0.05, 0) is 49.4 Å². The Bertz CT molecular complexity index is 472. The van der Waals surface area contributed by atoms with Crippen LogP contribution >= 0.6 is 11.6 Å². The molecule has 1 aromatic carbocycles. The van der Waals surface area contributed by atoms with Gasteiger partial charge in [0, 0.05) is 17.6 Å². The zero-order valence-corrected chi connectivity index (χ0v) is 12.5. The van der Waals surface area contributed by atoms with Crippen molar-refractivity contribution < 1.29 is 0 Å². The summed E-state index contributed by atoms with van der Waals surface area (Å²) in [6.45, 7) is 6.57. The third kappa shape index (κ3) is 4.23. The molecule has 0 unspecified atom stereocenters. The van der Waals surface area contributed by atoms with E-state index >= 15 is 0 Å². The van der Waals surface area contributed by atoms with Crippen LogP contribution in [-0.4, -0.2) is 17.5 Å². The summed E-state index contributed by atoms with van der Waals surface area (Å²) in [4.78, 5) is 2.53. The molecular formula is C16H21ClN2. The Balaban J connectivity index is 2.02. The number of rotatable bonds is 6. The summed E-state index contributed by atoms with van der Waals surface area (Å²) in [5.41, 5.74) is 1.77. The minimum atomic E-state index is 0.633. The Morgan fingerprint density at radius 1 is 1.42 bits per heavy atom. The fraction of sp³-hybridized carbons (Fsp3) is 0.562. The predicted molar refractivity (Wildman–Crippen MR) is 79.1 cm³/mol. The molecule has 0 heterocycles. The summed E-state index contributed by atoms with van der Waals surface area (Å²) in [6, 6.07) is 8.48. The van der Waals surface area contributed by atoms with Gasteiger partial charge in [-0.25, -0.2) is 0 Å². The summed E-state index contributed by atoms with van der Waals surface area (Å²) in [5, 5.41) is 9.58. The molecule has 0 radical (unpaired) electrons. The van der Waals surface area contributed by atoms with Gasteiger partial charge in [-0.15, -0.1) is 0 Å². The predicted octanol–water partition coefficient (Wildman–Crippen LogP) is 4.22. The van der Waals surface area contributed by atoms with Crippen molar-refractivity contribution in [1.29, 1.82) is 5.26 Å². The molecule has 0 bridgehead atoms. The maximum atomic E-state index is 8.86. The van der Waals surface area contributed by atoms with E-state index in [1.165, 1.54) is 19.3 Å². The van der Waals surface area contributed by atoms with E-state index in [0.717, 1.165) is 30.6 Å². The van der Waals surface area contributed by atoms with E-state index in [0.29, 0.717) is 10.6 Å². The van der Waals surface area contributed by atoms with E-state index in [9.17, 15) is 0 Å². The highest BCUT2D eigenvalue weighted by atomic mass is 35.5. The molecule has 0 spiro atoms. The van der Waals surface area contributed by atoms with E-state index in [1.54, 1.807) is 6.07 Å². The van der Waals surface area contributed by atoms with Gasteiger partial charge >= 0.3 is 0 Å². The van der Waals surface area contributed by atoms with Gasteiger partial charge in [0.2, 0.25) is 0 Å². The van der Waals surface area contributed by atoms with Gasteiger partial charge in [-0.3, -0.25) is 4.90 Å². The van der Waals surface area contributed by atoms with Crippen LogP contribution in [0.4, 0.5) is 0 Å². The minimum absolute atomic E-state index is 0.633. The molecule has 1 aromatic rings. The molecule has 19 heavy (non-hydrogen) atoms. The number of hydrogen-bond donors (Lipinski definition) is 0. The molecule has 3 heteroatoms.